The molecule has 1 saturated carbocycles. The van der Waals surface area contributed by atoms with Gasteiger partial charge in [0.15, 0.2) is 11.5 Å². The molecule has 1 aromatic heterocycles. The van der Waals surface area contributed by atoms with E-state index in [4.69, 9.17) is 9.47 Å². The second-order valence-electron chi connectivity index (χ2n) is 9.22. The number of amides is 1. The first-order valence-electron chi connectivity index (χ1n) is 12.0. The van der Waals surface area contributed by atoms with Crippen molar-refractivity contribution >= 4 is 11.9 Å². The molecule has 0 unspecified atom stereocenters. The minimum atomic E-state index is -0.493. The van der Waals surface area contributed by atoms with E-state index >= 15 is 0 Å². The lowest BCUT2D eigenvalue weighted by atomic mass is 9.68. The van der Waals surface area contributed by atoms with Gasteiger partial charge in [-0.15, -0.1) is 0 Å². The Kier molecular flexibility index (Phi) is 5.31. The van der Waals surface area contributed by atoms with Gasteiger partial charge in [0.2, 0.25) is 18.6 Å². The summed E-state index contributed by atoms with van der Waals surface area (Å²) < 4.78 is 12.9. The Morgan fingerprint density at radius 3 is 2.44 bits per heavy atom. The number of carbonyl (C=O) groups excluding carboxylic acids is 1. The summed E-state index contributed by atoms with van der Waals surface area (Å²) in [6.07, 6.45) is 5.05. The van der Waals surface area contributed by atoms with E-state index in [2.05, 4.69) is 26.5 Å². The van der Waals surface area contributed by atoms with Gasteiger partial charge in [-0.25, -0.2) is 0 Å². The number of hydrogen-bond acceptors (Lipinski definition) is 7. The van der Waals surface area contributed by atoms with Crippen LogP contribution in [0.4, 0.5) is 5.95 Å². The number of piperazine rings is 1. The number of anilines is 1. The fourth-order valence-corrected chi connectivity index (χ4v) is 5.50. The molecule has 2 aliphatic heterocycles. The number of aromatic nitrogens is 4. The Labute approximate surface area is 198 Å². The lowest BCUT2D eigenvalue weighted by Gasteiger charge is -2.43. The Morgan fingerprint density at radius 1 is 0.882 bits per heavy atom. The first kappa shape index (κ1) is 20.9. The van der Waals surface area contributed by atoms with Gasteiger partial charge in [-0.1, -0.05) is 48.6 Å². The molecule has 2 fully saturated rings. The predicted octanol–water partition coefficient (Wildman–Crippen LogP) is 2.94. The molecule has 1 amide bonds. The maximum atomic E-state index is 14.0. The van der Waals surface area contributed by atoms with Gasteiger partial charge >= 0.3 is 0 Å². The fraction of sp³-hybridized carbons (Fsp3) is 0.440. The molecule has 0 radical (unpaired) electrons. The summed E-state index contributed by atoms with van der Waals surface area (Å²) in [4.78, 5) is 18.2. The van der Waals surface area contributed by atoms with Crippen molar-refractivity contribution in [3.8, 4) is 17.2 Å². The molecule has 9 heteroatoms. The summed E-state index contributed by atoms with van der Waals surface area (Å²) in [6, 6.07) is 15.9. The van der Waals surface area contributed by atoms with E-state index in [-0.39, 0.29) is 12.7 Å². The smallest absolute Gasteiger partial charge is 0.250 e. The monoisotopic (exact) mass is 460 g/mol. The summed E-state index contributed by atoms with van der Waals surface area (Å²) >= 11 is 0. The number of benzene rings is 2. The summed E-state index contributed by atoms with van der Waals surface area (Å²) in [6.45, 7) is 2.91. The number of ether oxygens (including phenoxy) is 2. The zero-order valence-electron chi connectivity index (χ0n) is 19.1. The minimum Gasteiger partial charge on any atom is -0.454 e. The molecule has 6 rings (SSSR count). The summed E-state index contributed by atoms with van der Waals surface area (Å²) in [7, 11) is 0. The van der Waals surface area contributed by atoms with Gasteiger partial charge in [-0.3, -0.25) is 4.79 Å². The van der Waals surface area contributed by atoms with Crippen molar-refractivity contribution in [3.05, 3.63) is 54.1 Å². The summed E-state index contributed by atoms with van der Waals surface area (Å²) in [5.74, 6) is 2.44. The number of hydrogen-bond donors (Lipinski definition) is 0. The second-order valence-corrected chi connectivity index (χ2v) is 9.22. The third-order valence-corrected chi connectivity index (χ3v) is 7.35. The zero-order valence-corrected chi connectivity index (χ0v) is 19.1. The number of carbonyl (C=O) groups is 1. The average molecular weight is 461 g/mol. The third kappa shape index (κ3) is 3.55. The molecule has 34 heavy (non-hydrogen) atoms. The molecular weight excluding hydrogens is 432 g/mol. The van der Waals surface area contributed by atoms with E-state index in [9.17, 15) is 4.79 Å². The van der Waals surface area contributed by atoms with Gasteiger partial charge in [-0.2, -0.15) is 4.68 Å². The molecule has 0 spiro atoms. The van der Waals surface area contributed by atoms with Crippen molar-refractivity contribution in [2.45, 2.75) is 37.5 Å². The second kappa shape index (κ2) is 8.62. The van der Waals surface area contributed by atoms with Crippen molar-refractivity contribution < 1.29 is 14.3 Å². The largest absolute Gasteiger partial charge is 0.454 e. The summed E-state index contributed by atoms with van der Waals surface area (Å²) in [5, 5.41) is 12.3. The quantitative estimate of drug-likeness (QED) is 0.592. The molecule has 1 saturated heterocycles. The van der Waals surface area contributed by atoms with Gasteiger partial charge in [0.05, 0.1) is 11.1 Å². The van der Waals surface area contributed by atoms with Crippen LogP contribution < -0.4 is 14.4 Å². The molecule has 3 aliphatic rings. The average Bonchev–Trinajstić information content (AvgIpc) is 3.59. The molecule has 3 aromatic rings. The van der Waals surface area contributed by atoms with Gasteiger partial charge in [0.25, 0.3) is 0 Å². The molecule has 176 valence electrons. The molecule has 0 N–H and O–H groups in total. The number of para-hydroxylation sites is 1. The lowest BCUT2D eigenvalue weighted by Crippen LogP contribution is -2.55. The van der Waals surface area contributed by atoms with Gasteiger partial charge in [-0.05, 0) is 53.1 Å². The van der Waals surface area contributed by atoms with Gasteiger partial charge < -0.3 is 19.3 Å². The zero-order chi connectivity index (χ0) is 23.0. The van der Waals surface area contributed by atoms with E-state index in [0.29, 0.717) is 32.1 Å². The Bertz CT molecular complexity index is 1170. The van der Waals surface area contributed by atoms with E-state index in [1.165, 1.54) is 6.42 Å². The summed E-state index contributed by atoms with van der Waals surface area (Å²) in [5.41, 5.74) is 1.48. The van der Waals surface area contributed by atoms with Gasteiger partial charge in [0, 0.05) is 26.2 Å². The van der Waals surface area contributed by atoms with E-state index in [1.54, 1.807) is 4.68 Å². The van der Waals surface area contributed by atoms with Crippen LogP contribution in [0.15, 0.2) is 48.5 Å². The standard InChI is InChI=1S/C25H28N6O3/c32-23(25(11-5-2-6-12-25)19-9-10-21-22(17-19)34-18-33-21)29-13-15-30(16-14-29)24-26-27-28-31(24)20-7-3-1-4-8-20/h1,3-4,7-10,17H,2,5-6,11-16,18H2. The molecule has 0 bridgehead atoms. The molecule has 3 heterocycles. The van der Waals surface area contributed by atoms with Crippen LogP contribution in [0, 0.1) is 0 Å². The Morgan fingerprint density at radius 2 is 1.65 bits per heavy atom. The highest BCUT2D eigenvalue weighted by Crippen LogP contribution is 2.44. The highest BCUT2D eigenvalue weighted by atomic mass is 16.7. The van der Waals surface area contributed by atoms with Crippen LogP contribution in [0.3, 0.4) is 0 Å². The molecular formula is C25H28N6O3. The third-order valence-electron chi connectivity index (χ3n) is 7.35. The molecule has 2 aromatic carbocycles. The Hall–Kier alpha value is -3.62. The van der Waals surface area contributed by atoms with Crippen LogP contribution >= 0.6 is 0 Å². The normalized spacial score (nSPS) is 19.3. The van der Waals surface area contributed by atoms with Crippen LogP contribution in [-0.4, -0.2) is 64.0 Å². The topological polar surface area (TPSA) is 85.6 Å². The van der Waals surface area contributed by atoms with Gasteiger partial charge in [0.1, 0.15) is 0 Å². The van der Waals surface area contributed by atoms with Crippen molar-refractivity contribution in [2.24, 2.45) is 0 Å². The maximum Gasteiger partial charge on any atom is 0.250 e. The van der Waals surface area contributed by atoms with Crippen molar-refractivity contribution in [1.29, 1.82) is 0 Å². The highest BCUT2D eigenvalue weighted by Gasteiger charge is 2.44. The Balaban J connectivity index is 1.21. The molecule has 0 atom stereocenters. The van der Waals surface area contributed by atoms with E-state index < -0.39 is 5.41 Å². The van der Waals surface area contributed by atoms with Crippen LogP contribution in [0.5, 0.6) is 11.5 Å². The van der Waals surface area contributed by atoms with E-state index in [0.717, 1.165) is 48.4 Å². The molecule has 9 nitrogen and oxygen atoms in total. The highest BCUT2D eigenvalue weighted by molar-refractivity contribution is 5.89. The predicted molar refractivity (Wildman–Crippen MR) is 125 cm³/mol. The SMILES string of the molecule is O=C(N1CCN(c2nnnn2-c2ccccc2)CC1)C1(c2ccc3c(c2)OCO3)CCCCC1. The van der Waals surface area contributed by atoms with Crippen molar-refractivity contribution in [1.82, 2.24) is 25.1 Å². The maximum absolute atomic E-state index is 14.0. The number of tetrazole rings is 1. The van der Waals surface area contributed by atoms with Crippen molar-refractivity contribution in [2.75, 3.05) is 37.9 Å². The van der Waals surface area contributed by atoms with Crippen LogP contribution in [-0.2, 0) is 10.2 Å². The lowest BCUT2D eigenvalue weighted by molar-refractivity contribution is -0.139. The number of nitrogens with zero attached hydrogens (tertiary/aromatic N) is 6. The first-order chi connectivity index (χ1) is 16.7. The number of fused-ring (bicyclic) bond motifs is 1. The minimum absolute atomic E-state index is 0.230. The molecule has 1 aliphatic carbocycles. The van der Waals surface area contributed by atoms with Crippen LogP contribution in [0.1, 0.15) is 37.7 Å². The van der Waals surface area contributed by atoms with E-state index in [1.807, 2.05) is 47.4 Å². The van der Waals surface area contributed by atoms with Crippen LogP contribution in [0.2, 0.25) is 0 Å². The fourth-order valence-electron chi connectivity index (χ4n) is 5.50. The number of rotatable bonds is 4. The van der Waals surface area contributed by atoms with Crippen molar-refractivity contribution in [3.63, 3.8) is 0 Å². The first-order valence-corrected chi connectivity index (χ1v) is 12.0. The van der Waals surface area contributed by atoms with Crippen LogP contribution in [0.25, 0.3) is 5.69 Å².